The van der Waals surface area contributed by atoms with Crippen LogP contribution in [0.2, 0.25) is 0 Å². The molecule has 4 rings (SSSR count). The molecule has 0 aromatic heterocycles. The molecule has 0 atom stereocenters. The van der Waals surface area contributed by atoms with E-state index in [1.807, 2.05) is 0 Å². The van der Waals surface area contributed by atoms with Gasteiger partial charge in [0, 0.05) is 0 Å². The first-order valence-corrected chi connectivity index (χ1v) is 10.9. The van der Waals surface area contributed by atoms with Gasteiger partial charge >= 0.3 is 174 Å². The number of allylic oxidation sites excluding steroid dienone is 4. The Balaban J connectivity index is 0.00000140. The summed E-state index contributed by atoms with van der Waals surface area (Å²) in [6.07, 6.45) is 1.18. The number of rotatable bonds is 2. The Labute approximate surface area is 197 Å². The maximum atomic E-state index is 2.39. The summed E-state index contributed by atoms with van der Waals surface area (Å²) in [5, 5.41) is 0. The van der Waals surface area contributed by atoms with Crippen LogP contribution in [0.25, 0.3) is 11.1 Å². The maximum absolute atomic E-state index is 2.39. The van der Waals surface area contributed by atoms with Crippen LogP contribution in [0, 0.1) is 11.3 Å². The van der Waals surface area contributed by atoms with E-state index >= 15 is 0 Å². The van der Waals surface area contributed by atoms with Crippen molar-refractivity contribution in [2.24, 2.45) is 11.3 Å². The normalized spacial score (nSPS) is 16.1. The van der Waals surface area contributed by atoms with Crippen LogP contribution in [-0.4, -0.2) is 0 Å². The van der Waals surface area contributed by atoms with Crippen LogP contribution >= 0.6 is 0 Å². The summed E-state index contributed by atoms with van der Waals surface area (Å²) >= 11 is 1.58. The fourth-order valence-corrected chi connectivity index (χ4v) is 5.99. The van der Waals surface area contributed by atoms with Crippen molar-refractivity contribution in [3.05, 3.63) is 79.7 Å². The second-order valence-corrected chi connectivity index (χ2v) is 10.5. The van der Waals surface area contributed by atoms with Gasteiger partial charge in [0.1, 0.15) is 0 Å². The first-order valence-electron chi connectivity index (χ1n) is 9.67. The summed E-state index contributed by atoms with van der Waals surface area (Å²) in [7, 11) is 0. The standard InChI is InChI=1S/C25H27.2ClH.Zr/c1-16(2)17-14-15-22(24(17)25(3,4)5)23-20-12-8-6-10-18(20)19-11-7-9-13-21(19)23;;;/h6-13,16,23H,14H2,1-5H3;2*1H;/q;;;+2/p-2. The van der Waals surface area contributed by atoms with Gasteiger partial charge in [-0.1, -0.05) is 0 Å². The summed E-state index contributed by atoms with van der Waals surface area (Å²) < 4.78 is 1.65. The third kappa shape index (κ3) is 3.76. The van der Waals surface area contributed by atoms with Crippen LogP contribution in [0.1, 0.15) is 58.1 Å². The van der Waals surface area contributed by atoms with Crippen LogP contribution in [0.15, 0.2) is 68.5 Å². The van der Waals surface area contributed by atoms with Gasteiger partial charge in [0.05, 0.1) is 0 Å². The molecule has 0 spiro atoms. The zero-order valence-electron chi connectivity index (χ0n) is 17.2. The number of hydrogen-bond acceptors (Lipinski definition) is 0. The molecule has 0 fully saturated rings. The second-order valence-electron chi connectivity index (χ2n) is 8.98. The Morgan fingerprint density at radius 2 is 1.32 bits per heavy atom. The molecule has 0 radical (unpaired) electrons. The summed E-state index contributed by atoms with van der Waals surface area (Å²) in [6, 6.07) is 18.1. The van der Waals surface area contributed by atoms with E-state index in [9.17, 15) is 0 Å². The topological polar surface area (TPSA) is 0 Å². The number of halogens is 2. The fourth-order valence-electron chi connectivity index (χ4n) is 4.86. The molecule has 2 aliphatic rings. The van der Waals surface area contributed by atoms with Gasteiger partial charge < -0.3 is 24.8 Å². The van der Waals surface area contributed by atoms with Crippen molar-refractivity contribution in [1.82, 2.24) is 0 Å². The quantitative estimate of drug-likeness (QED) is 0.591. The number of fused-ring (bicyclic) bond motifs is 3. The average molecular weight is 490 g/mol. The monoisotopic (exact) mass is 487 g/mol. The molecular formula is C25H27Cl2Zr. The molecular weight excluding hydrogens is 462 g/mol. The molecule has 0 N–H and O–H groups in total. The van der Waals surface area contributed by atoms with E-state index in [1.54, 1.807) is 44.7 Å². The summed E-state index contributed by atoms with van der Waals surface area (Å²) in [4.78, 5) is 0. The molecule has 0 amide bonds. The van der Waals surface area contributed by atoms with Gasteiger partial charge in [0.2, 0.25) is 0 Å². The van der Waals surface area contributed by atoms with Crippen molar-refractivity contribution >= 4 is 0 Å². The third-order valence-corrected chi connectivity index (χ3v) is 6.95. The largest absolute Gasteiger partial charge is 1.00 e. The first kappa shape index (κ1) is 23.7. The molecule has 145 valence electrons. The van der Waals surface area contributed by atoms with Gasteiger partial charge in [-0.15, -0.1) is 0 Å². The third-order valence-electron chi connectivity index (χ3n) is 5.85. The second kappa shape index (κ2) is 8.63. The van der Waals surface area contributed by atoms with E-state index < -0.39 is 0 Å². The van der Waals surface area contributed by atoms with Crippen LogP contribution in [-0.2, 0) is 24.7 Å². The van der Waals surface area contributed by atoms with Gasteiger partial charge in [-0.25, -0.2) is 0 Å². The van der Waals surface area contributed by atoms with Crippen molar-refractivity contribution in [3.8, 4) is 11.1 Å². The average Bonchev–Trinajstić information content (AvgIpc) is 3.10. The molecule has 0 heterocycles. The van der Waals surface area contributed by atoms with E-state index in [1.165, 1.54) is 28.7 Å². The Hall–Kier alpha value is -0.617. The molecule has 0 bridgehead atoms. The van der Waals surface area contributed by atoms with E-state index in [0.717, 1.165) is 0 Å². The minimum Gasteiger partial charge on any atom is -1.00 e. The van der Waals surface area contributed by atoms with E-state index in [0.29, 0.717) is 11.8 Å². The molecule has 2 aliphatic carbocycles. The Kier molecular flexibility index (Phi) is 7.29. The number of hydrogen-bond donors (Lipinski definition) is 0. The Morgan fingerprint density at radius 3 is 1.75 bits per heavy atom. The van der Waals surface area contributed by atoms with Crippen molar-refractivity contribution in [3.63, 3.8) is 0 Å². The molecule has 0 saturated heterocycles. The molecule has 0 unspecified atom stereocenters. The van der Waals surface area contributed by atoms with Crippen LogP contribution in [0.5, 0.6) is 0 Å². The van der Waals surface area contributed by atoms with Gasteiger partial charge in [-0.2, -0.15) is 0 Å². The molecule has 2 aromatic rings. The molecule has 3 heteroatoms. The fraction of sp³-hybridized carbons (Fsp3) is 0.360. The van der Waals surface area contributed by atoms with Crippen LogP contribution < -0.4 is 24.8 Å². The summed E-state index contributed by atoms with van der Waals surface area (Å²) in [5.41, 5.74) is 11.0. The van der Waals surface area contributed by atoms with Crippen molar-refractivity contribution < 1.29 is 49.5 Å². The van der Waals surface area contributed by atoms with E-state index in [-0.39, 0.29) is 30.2 Å². The first-order chi connectivity index (χ1) is 12.3. The zero-order valence-corrected chi connectivity index (χ0v) is 21.2. The summed E-state index contributed by atoms with van der Waals surface area (Å²) in [6.45, 7) is 11.9. The molecule has 0 nitrogen and oxygen atoms in total. The van der Waals surface area contributed by atoms with Gasteiger partial charge in [0.15, 0.2) is 0 Å². The van der Waals surface area contributed by atoms with E-state index in [4.69, 9.17) is 0 Å². The van der Waals surface area contributed by atoms with Crippen molar-refractivity contribution in [2.75, 3.05) is 0 Å². The van der Waals surface area contributed by atoms with Crippen LogP contribution in [0.3, 0.4) is 0 Å². The maximum Gasteiger partial charge on any atom is -1.00 e. The summed E-state index contributed by atoms with van der Waals surface area (Å²) in [5.74, 6) is 1.02. The predicted octanol–water partition coefficient (Wildman–Crippen LogP) is 1.01. The predicted molar refractivity (Wildman–Crippen MR) is 107 cm³/mol. The van der Waals surface area contributed by atoms with Gasteiger partial charge in [-0.3, -0.25) is 0 Å². The molecule has 2 aromatic carbocycles. The number of benzene rings is 2. The Morgan fingerprint density at radius 1 is 0.857 bits per heavy atom. The molecule has 28 heavy (non-hydrogen) atoms. The molecule has 0 saturated carbocycles. The SMILES string of the molecule is CC(C)C1=C(C(C)(C)C)C(C2c3ccccc3-c3ccccc32)=[C]([Zr+2])C1.[Cl-].[Cl-]. The minimum atomic E-state index is 0. The minimum absolute atomic E-state index is 0. The smallest absolute Gasteiger partial charge is 1.00 e. The van der Waals surface area contributed by atoms with Gasteiger partial charge in [-0.05, 0) is 0 Å². The van der Waals surface area contributed by atoms with Crippen molar-refractivity contribution in [2.45, 2.75) is 47.0 Å². The van der Waals surface area contributed by atoms with E-state index in [2.05, 4.69) is 83.1 Å². The zero-order chi connectivity index (χ0) is 18.6. The van der Waals surface area contributed by atoms with Crippen LogP contribution in [0.4, 0.5) is 0 Å². The van der Waals surface area contributed by atoms with Gasteiger partial charge in [0.25, 0.3) is 0 Å². The Bertz CT molecular complexity index is 900. The molecule has 0 aliphatic heterocycles. The van der Waals surface area contributed by atoms with Crippen molar-refractivity contribution in [1.29, 1.82) is 0 Å².